The first-order valence-corrected chi connectivity index (χ1v) is 11.7. The Morgan fingerprint density at radius 3 is 2.48 bits per heavy atom. The molecule has 2 heterocycles. The van der Waals surface area contributed by atoms with Crippen LogP contribution in [0, 0.1) is 0 Å². The SMILES string of the molecule is CCOP(=O)(OCC)[C@H]1O[C@]12C(=O)N(Cc1ccc(Cl)cc1Cl)c1ccccc12. The molecule has 1 saturated heterocycles. The monoisotopic (exact) mass is 455 g/mol. The second-order valence-electron chi connectivity index (χ2n) is 6.73. The number of carbonyl (C=O) groups excluding carboxylic acids is 1. The van der Waals surface area contributed by atoms with E-state index in [-0.39, 0.29) is 25.7 Å². The van der Waals surface area contributed by atoms with E-state index in [0.29, 0.717) is 21.3 Å². The van der Waals surface area contributed by atoms with Crippen LogP contribution in [0.3, 0.4) is 0 Å². The highest BCUT2D eigenvalue weighted by Gasteiger charge is 2.76. The van der Waals surface area contributed by atoms with Gasteiger partial charge in [-0.15, -0.1) is 0 Å². The zero-order valence-electron chi connectivity index (χ0n) is 15.9. The Kier molecular flexibility index (Phi) is 5.53. The summed E-state index contributed by atoms with van der Waals surface area (Å²) < 4.78 is 30.0. The first kappa shape index (κ1) is 20.9. The molecule has 2 aliphatic rings. The Bertz CT molecular complexity index is 1010. The van der Waals surface area contributed by atoms with E-state index in [1.807, 2.05) is 18.2 Å². The summed E-state index contributed by atoms with van der Waals surface area (Å²) in [5.41, 5.74) is 0.714. The van der Waals surface area contributed by atoms with Crippen LogP contribution < -0.4 is 4.90 Å². The summed E-state index contributed by atoms with van der Waals surface area (Å²) in [6.07, 6.45) is 0. The number of para-hydroxylation sites is 1. The Morgan fingerprint density at radius 1 is 1.14 bits per heavy atom. The fraction of sp³-hybridized carbons (Fsp3) is 0.350. The molecular weight excluding hydrogens is 436 g/mol. The lowest BCUT2D eigenvalue weighted by Gasteiger charge is -2.19. The number of epoxide rings is 1. The molecular formula is C20H20Cl2NO5P. The van der Waals surface area contributed by atoms with Crippen molar-refractivity contribution in [1.29, 1.82) is 0 Å². The molecule has 9 heteroatoms. The predicted molar refractivity (Wildman–Crippen MR) is 112 cm³/mol. The van der Waals surface area contributed by atoms with Crippen LogP contribution in [0.4, 0.5) is 5.69 Å². The molecule has 29 heavy (non-hydrogen) atoms. The molecule has 6 nitrogen and oxygen atoms in total. The van der Waals surface area contributed by atoms with E-state index in [9.17, 15) is 9.36 Å². The standard InChI is InChI=1S/C20H20Cl2NO5P/c1-3-26-29(25,27-4-2)19-20(28-19)15-7-5-6-8-17(15)23(18(20)24)12-13-9-10-14(21)11-16(13)22/h5-11,19H,3-4,12H2,1-2H3/t19-,20-/m1/s1. The average Bonchev–Trinajstić information content (AvgIpc) is 3.40. The highest BCUT2D eigenvalue weighted by atomic mass is 35.5. The summed E-state index contributed by atoms with van der Waals surface area (Å²) in [6.45, 7) is 4.05. The van der Waals surface area contributed by atoms with Gasteiger partial charge >= 0.3 is 7.60 Å². The Balaban J connectivity index is 1.72. The summed E-state index contributed by atoms with van der Waals surface area (Å²) in [6, 6.07) is 12.4. The molecule has 0 unspecified atom stereocenters. The van der Waals surface area contributed by atoms with Gasteiger partial charge in [-0.2, -0.15) is 0 Å². The van der Waals surface area contributed by atoms with Crippen LogP contribution >= 0.6 is 30.8 Å². The molecule has 0 aliphatic carbocycles. The van der Waals surface area contributed by atoms with Crippen molar-refractivity contribution >= 4 is 42.4 Å². The highest BCUT2D eigenvalue weighted by molar-refractivity contribution is 7.55. The molecule has 0 radical (unpaired) electrons. The van der Waals surface area contributed by atoms with Crippen molar-refractivity contribution in [2.45, 2.75) is 31.8 Å². The molecule has 2 aliphatic heterocycles. The van der Waals surface area contributed by atoms with Crippen molar-refractivity contribution in [3.8, 4) is 0 Å². The fourth-order valence-corrected chi connectivity index (χ4v) is 6.26. The van der Waals surface area contributed by atoms with Gasteiger partial charge in [0.05, 0.1) is 25.4 Å². The number of amides is 1. The van der Waals surface area contributed by atoms with Crippen molar-refractivity contribution in [1.82, 2.24) is 0 Å². The predicted octanol–water partition coefficient (Wildman–Crippen LogP) is 5.36. The number of anilines is 1. The first-order valence-electron chi connectivity index (χ1n) is 9.29. The topological polar surface area (TPSA) is 68.4 Å². The van der Waals surface area contributed by atoms with Gasteiger partial charge in [0, 0.05) is 15.6 Å². The smallest absolute Gasteiger partial charge is 0.337 e. The Labute approximate surface area is 179 Å². The van der Waals surface area contributed by atoms with Gasteiger partial charge in [0.1, 0.15) is 0 Å². The molecule has 2 aromatic rings. The van der Waals surface area contributed by atoms with Gasteiger partial charge < -0.3 is 18.7 Å². The molecule has 4 rings (SSSR count). The molecule has 1 amide bonds. The first-order chi connectivity index (χ1) is 13.9. The summed E-state index contributed by atoms with van der Waals surface area (Å²) in [4.78, 5) is 15.1. The second kappa shape index (κ2) is 7.69. The maximum atomic E-state index is 13.5. The third-order valence-corrected chi connectivity index (χ3v) is 7.86. The molecule has 0 aromatic heterocycles. The minimum Gasteiger partial charge on any atom is -0.337 e. The van der Waals surface area contributed by atoms with Crippen LogP contribution in [0.15, 0.2) is 42.5 Å². The third-order valence-electron chi connectivity index (χ3n) is 4.99. The van der Waals surface area contributed by atoms with Crippen LogP contribution in [0.5, 0.6) is 0 Å². The van der Waals surface area contributed by atoms with Crippen molar-refractivity contribution in [3.63, 3.8) is 0 Å². The molecule has 1 spiro atoms. The van der Waals surface area contributed by atoms with Crippen LogP contribution in [-0.4, -0.2) is 25.0 Å². The van der Waals surface area contributed by atoms with Crippen LogP contribution in [0.25, 0.3) is 0 Å². The quantitative estimate of drug-likeness (QED) is 0.415. The van der Waals surface area contributed by atoms with E-state index in [0.717, 1.165) is 5.56 Å². The fourth-order valence-electron chi connectivity index (χ4n) is 3.74. The largest absolute Gasteiger partial charge is 0.363 e. The van der Waals surface area contributed by atoms with E-state index >= 15 is 0 Å². The summed E-state index contributed by atoms with van der Waals surface area (Å²) >= 11 is 12.3. The number of carbonyl (C=O) groups is 1. The van der Waals surface area contributed by atoms with E-state index in [2.05, 4.69) is 0 Å². The normalized spacial score (nSPS) is 23.0. The maximum absolute atomic E-state index is 13.5. The second-order valence-corrected chi connectivity index (χ2v) is 9.63. The van der Waals surface area contributed by atoms with Crippen molar-refractivity contribution in [2.24, 2.45) is 0 Å². The summed E-state index contributed by atoms with van der Waals surface area (Å²) in [5.74, 6) is -1.29. The molecule has 2 atom stereocenters. The number of fused-ring (bicyclic) bond motifs is 2. The van der Waals surface area contributed by atoms with Gasteiger partial charge in [-0.25, -0.2) is 0 Å². The van der Waals surface area contributed by atoms with Crippen molar-refractivity contribution in [3.05, 3.63) is 63.6 Å². The van der Waals surface area contributed by atoms with E-state index in [1.54, 1.807) is 43.0 Å². The van der Waals surface area contributed by atoms with Gasteiger partial charge in [-0.05, 0) is 37.6 Å². The Hall–Kier alpha value is -1.40. The number of benzene rings is 2. The zero-order chi connectivity index (χ0) is 20.8. The van der Waals surface area contributed by atoms with Crippen LogP contribution in [0.1, 0.15) is 25.0 Å². The highest BCUT2D eigenvalue weighted by Crippen LogP contribution is 2.72. The summed E-state index contributed by atoms with van der Waals surface area (Å²) in [5, 5.41) is 0.981. The third kappa shape index (κ3) is 3.32. The molecule has 0 bridgehead atoms. The number of hydrogen-bond donors (Lipinski definition) is 0. The number of halogens is 2. The van der Waals surface area contributed by atoms with Gasteiger partial charge in [0.15, 0.2) is 0 Å². The zero-order valence-corrected chi connectivity index (χ0v) is 18.3. The number of hydrogen-bond acceptors (Lipinski definition) is 5. The number of ether oxygens (including phenoxy) is 1. The molecule has 0 N–H and O–H groups in total. The van der Waals surface area contributed by atoms with E-state index < -0.39 is 19.0 Å². The van der Waals surface area contributed by atoms with E-state index in [4.69, 9.17) is 37.0 Å². The minimum atomic E-state index is -3.63. The number of rotatable bonds is 7. The Morgan fingerprint density at radius 2 is 1.83 bits per heavy atom. The van der Waals surface area contributed by atoms with E-state index in [1.165, 1.54) is 0 Å². The van der Waals surface area contributed by atoms with Gasteiger partial charge in [-0.3, -0.25) is 9.36 Å². The lowest BCUT2D eigenvalue weighted by molar-refractivity contribution is -0.123. The molecule has 2 aromatic carbocycles. The van der Waals surface area contributed by atoms with Gasteiger partial charge in [-0.1, -0.05) is 47.5 Å². The summed E-state index contributed by atoms with van der Waals surface area (Å²) in [7, 11) is -3.63. The van der Waals surface area contributed by atoms with Crippen LogP contribution in [-0.2, 0) is 35.3 Å². The van der Waals surface area contributed by atoms with Gasteiger partial charge in [0.2, 0.25) is 11.4 Å². The van der Waals surface area contributed by atoms with Crippen LogP contribution in [0.2, 0.25) is 10.0 Å². The molecule has 1 fully saturated rings. The van der Waals surface area contributed by atoms with Crippen molar-refractivity contribution < 1.29 is 23.1 Å². The van der Waals surface area contributed by atoms with Gasteiger partial charge in [0.25, 0.3) is 5.91 Å². The maximum Gasteiger partial charge on any atom is 0.363 e. The van der Waals surface area contributed by atoms with Crippen molar-refractivity contribution in [2.75, 3.05) is 18.1 Å². The lowest BCUT2D eigenvalue weighted by atomic mass is 10.0. The average molecular weight is 456 g/mol. The minimum absolute atomic E-state index is 0.188. The number of nitrogens with zero attached hydrogens (tertiary/aromatic N) is 1. The lowest BCUT2D eigenvalue weighted by Crippen LogP contribution is -2.34. The molecule has 154 valence electrons. The molecule has 0 saturated carbocycles.